The Labute approximate surface area is 221 Å². The van der Waals surface area contributed by atoms with Crippen molar-refractivity contribution >= 4 is 28.8 Å². The molecule has 0 aliphatic carbocycles. The van der Waals surface area contributed by atoms with E-state index in [2.05, 4.69) is 0 Å². The molecule has 3 aromatic carbocycles. The minimum atomic E-state index is -0.862. The van der Waals surface area contributed by atoms with Crippen molar-refractivity contribution in [1.29, 1.82) is 0 Å². The van der Waals surface area contributed by atoms with E-state index in [1.54, 1.807) is 49.6 Å². The van der Waals surface area contributed by atoms with E-state index in [-0.39, 0.29) is 11.3 Å². The number of aliphatic hydroxyl groups is 1. The lowest BCUT2D eigenvalue weighted by molar-refractivity contribution is -0.132. The number of hydrogen-bond donors (Lipinski definition) is 1. The number of carbonyl (C=O) groups is 2. The minimum Gasteiger partial charge on any atom is -0.507 e. The number of fused-ring (bicyclic) bond motifs is 1. The van der Waals surface area contributed by atoms with E-state index in [0.29, 0.717) is 53.8 Å². The number of anilines is 2. The molecule has 0 radical (unpaired) electrons. The second-order valence-electron chi connectivity index (χ2n) is 9.24. The molecule has 1 saturated heterocycles. The molecular weight excluding hydrogens is 484 g/mol. The van der Waals surface area contributed by atoms with Gasteiger partial charge >= 0.3 is 0 Å². The molecule has 5 rings (SSSR count). The molecule has 2 aliphatic rings. The van der Waals surface area contributed by atoms with Crippen molar-refractivity contribution in [1.82, 2.24) is 0 Å². The Morgan fingerprint density at radius 2 is 1.84 bits per heavy atom. The maximum atomic E-state index is 13.5. The van der Waals surface area contributed by atoms with Gasteiger partial charge in [0, 0.05) is 18.3 Å². The first kappa shape index (κ1) is 25.2. The summed E-state index contributed by atoms with van der Waals surface area (Å²) in [5.41, 5.74) is 2.40. The Kier molecular flexibility index (Phi) is 6.96. The number of carbonyl (C=O) groups excluding carboxylic acids is 2. The van der Waals surface area contributed by atoms with E-state index >= 15 is 0 Å². The van der Waals surface area contributed by atoms with Crippen LogP contribution in [-0.2, 0) is 9.59 Å². The summed E-state index contributed by atoms with van der Waals surface area (Å²) in [7, 11) is 3.50. The number of benzene rings is 3. The summed E-state index contributed by atoms with van der Waals surface area (Å²) in [6.45, 7) is 3.82. The lowest BCUT2D eigenvalue weighted by Crippen LogP contribution is -2.29. The van der Waals surface area contributed by atoms with Crippen molar-refractivity contribution in [3.63, 3.8) is 0 Å². The Bertz CT molecular complexity index is 1400. The summed E-state index contributed by atoms with van der Waals surface area (Å²) in [6, 6.07) is 18.6. The Hall–Kier alpha value is -4.46. The van der Waals surface area contributed by atoms with Gasteiger partial charge in [0.15, 0.2) is 0 Å². The number of amides is 1. The number of Topliss-reactive ketones (excluding diaryl/α,β-unsaturated/α-hetero) is 1. The summed E-state index contributed by atoms with van der Waals surface area (Å²) in [6.07, 6.45) is 0.838. The summed E-state index contributed by atoms with van der Waals surface area (Å²) in [5, 5.41) is 11.6. The highest BCUT2D eigenvalue weighted by molar-refractivity contribution is 6.51. The van der Waals surface area contributed by atoms with E-state index in [4.69, 9.17) is 14.2 Å². The van der Waals surface area contributed by atoms with Crippen molar-refractivity contribution in [3.8, 4) is 17.2 Å². The maximum Gasteiger partial charge on any atom is 0.300 e. The van der Waals surface area contributed by atoms with E-state index < -0.39 is 17.7 Å². The first-order valence-corrected chi connectivity index (χ1v) is 12.6. The number of likely N-dealkylation sites (N-methyl/N-ethyl adjacent to an activating group) is 1. The van der Waals surface area contributed by atoms with Gasteiger partial charge in [-0.15, -0.1) is 0 Å². The summed E-state index contributed by atoms with van der Waals surface area (Å²) < 4.78 is 16.8. The third-order valence-corrected chi connectivity index (χ3v) is 6.77. The zero-order valence-corrected chi connectivity index (χ0v) is 21.6. The molecule has 2 heterocycles. The zero-order valence-electron chi connectivity index (χ0n) is 21.6. The predicted octanol–water partition coefficient (Wildman–Crippen LogP) is 4.94. The van der Waals surface area contributed by atoms with Gasteiger partial charge in [-0.1, -0.05) is 19.1 Å². The van der Waals surface area contributed by atoms with Gasteiger partial charge in [-0.25, -0.2) is 0 Å². The van der Waals surface area contributed by atoms with Gasteiger partial charge in [-0.05, 0) is 66.6 Å². The quantitative estimate of drug-likeness (QED) is 0.271. The average molecular weight is 515 g/mol. The molecule has 0 spiro atoms. The first-order valence-electron chi connectivity index (χ1n) is 12.6. The lowest BCUT2D eigenvalue weighted by atomic mass is 9.94. The standard InChI is InChI=1S/C30H30N2O6/c1-4-15-37-23-7-5-6-19(17-23)27-26(28(33)20-8-13-25-24(18-20)31(2)14-16-38-25)29(34)30(35)32(27)21-9-11-22(36-3)12-10-21/h5-13,17-18,27,33H,4,14-16H2,1-3H3/b28-26-. The van der Waals surface area contributed by atoms with Crippen molar-refractivity contribution in [2.75, 3.05) is 43.7 Å². The summed E-state index contributed by atoms with van der Waals surface area (Å²) in [4.78, 5) is 30.4. The minimum absolute atomic E-state index is 0.0118. The van der Waals surface area contributed by atoms with Crippen LogP contribution in [0.5, 0.6) is 17.2 Å². The third-order valence-electron chi connectivity index (χ3n) is 6.77. The molecule has 1 atom stereocenters. The number of hydrogen-bond acceptors (Lipinski definition) is 7. The van der Waals surface area contributed by atoms with Gasteiger partial charge in [0.05, 0.1) is 37.6 Å². The number of nitrogens with zero attached hydrogens (tertiary/aromatic N) is 2. The monoisotopic (exact) mass is 514 g/mol. The zero-order chi connectivity index (χ0) is 26.8. The van der Waals surface area contributed by atoms with Crippen LogP contribution in [0.2, 0.25) is 0 Å². The fourth-order valence-electron chi connectivity index (χ4n) is 4.80. The molecule has 8 heteroatoms. The molecule has 1 amide bonds. The van der Waals surface area contributed by atoms with Crippen molar-refractivity contribution in [2.45, 2.75) is 19.4 Å². The van der Waals surface area contributed by atoms with Crippen LogP contribution in [0.25, 0.3) is 5.76 Å². The van der Waals surface area contributed by atoms with Crippen LogP contribution in [0.4, 0.5) is 11.4 Å². The molecule has 0 bridgehead atoms. The van der Waals surface area contributed by atoms with Crippen molar-refractivity contribution in [2.24, 2.45) is 0 Å². The van der Waals surface area contributed by atoms with Crippen LogP contribution in [-0.4, -0.2) is 50.7 Å². The van der Waals surface area contributed by atoms with E-state index in [0.717, 1.165) is 12.1 Å². The van der Waals surface area contributed by atoms with E-state index in [1.807, 2.05) is 43.1 Å². The fraction of sp³-hybridized carbons (Fsp3) is 0.267. The second-order valence-corrected chi connectivity index (χ2v) is 9.24. The molecule has 196 valence electrons. The average Bonchev–Trinajstić information content (AvgIpc) is 3.21. The Morgan fingerprint density at radius 3 is 2.58 bits per heavy atom. The molecule has 3 aromatic rings. The molecule has 1 fully saturated rings. The lowest BCUT2D eigenvalue weighted by Gasteiger charge is -2.28. The maximum absolute atomic E-state index is 13.5. The molecular formula is C30H30N2O6. The number of rotatable bonds is 7. The molecule has 1 unspecified atom stereocenters. The molecule has 8 nitrogen and oxygen atoms in total. The third kappa shape index (κ3) is 4.53. The van der Waals surface area contributed by atoms with Crippen LogP contribution in [0.15, 0.2) is 72.3 Å². The van der Waals surface area contributed by atoms with Crippen LogP contribution >= 0.6 is 0 Å². The van der Waals surface area contributed by atoms with Gasteiger partial charge in [0.2, 0.25) is 0 Å². The fourth-order valence-corrected chi connectivity index (χ4v) is 4.80. The van der Waals surface area contributed by atoms with Gasteiger partial charge < -0.3 is 24.2 Å². The highest BCUT2D eigenvalue weighted by atomic mass is 16.5. The van der Waals surface area contributed by atoms with Gasteiger partial charge in [0.25, 0.3) is 11.7 Å². The van der Waals surface area contributed by atoms with Crippen molar-refractivity contribution in [3.05, 3.63) is 83.4 Å². The number of methoxy groups -OCH3 is 1. The van der Waals surface area contributed by atoms with E-state index in [1.165, 1.54) is 4.90 Å². The van der Waals surface area contributed by atoms with Gasteiger partial charge in [-0.3, -0.25) is 14.5 Å². The van der Waals surface area contributed by atoms with Gasteiger partial charge in [0.1, 0.15) is 29.6 Å². The highest BCUT2D eigenvalue weighted by Crippen LogP contribution is 2.44. The smallest absolute Gasteiger partial charge is 0.300 e. The number of aliphatic hydroxyl groups excluding tert-OH is 1. The molecule has 38 heavy (non-hydrogen) atoms. The highest BCUT2D eigenvalue weighted by Gasteiger charge is 2.47. The molecule has 0 aromatic heterocycles. The summed E-state index contributed by atoms with van der Waals surface area (Å²) >= 11 is 0. The number of ketones is 1. The van der Waals surface area contributed by atoms with Crippen LogP contribution in [0, 0.1) is 0 Å². The second kappa shape index (κ2) is 10.5. The predicted molar refractivity (Wildman–Crippen MR) is 145 cm³/mol. The molecule has 1 N–H and O–H groups in total. The van der Waals surface area contributed by atoms with Crippen LogP contribution in [0.3, 0.4) is 0 Å². The van der Waals surface area contributed by atoms with E-state index in [9.17, 15) is 14.7 Å². The molecule has 0 saturated carbocycles. The van der Waals surface area contributed by atoms with Crippen LogP contribution < -0.4 is 24.0 Å². The SMILES string of the molecule is CCCOc1cccc(C2/C(=C(/O)c3ccc4c(c3)N(C)CCO4)C(=O)C(=O)N2c2ccc(OC)cc2)c1. The van der Waals surface area contributed by atoms with Crippen LogP contribution in [0.1, 0.15) is 30.5 Å². The van der Waals surface area contributed by atoms with Gasteiger partial charge in [-0.2, -0.15) is 0 Å². The molecule has 2 aliphatic heterocycles. The van der Waals surface area contributed by atoms with Crippen molar-refractivity contribution < 1.29 is 28.9 Å². The topological polar surface area (TPSA) is 88.5 Å². The normalized spacial score (nSPS) is 18.2. The Morgan fingerprint density at radius 1 is 1.05 bits per heavy atom. The largest absolute Gasteiger partial charge is 0.507 e. The first-order chi connectivity index (χ1) is 18.4. The summed E-state index contributed by atoms with van der Waals surface area (Å²) in [5.74, 6) is 0.220. The number of ether oxygens (including phenoxy) is 3. The Balaban J connectivity index is 1.67.